The van der Waals surface area contributed by atoms with Gasteiger partial charge in [0.15, 0.2) is 0 Å². The van der Waals surface area contributed by atoms with Gasteiger partial charge in [-0.05, 0) is 49.2 Å². The van der Waals surface area contributed by atoms with Crippen molar-refractivity contribution in [2.75, 3.05) is 18.9 Å². The van der Waals surface area contributed by atoms with Gasteiger partial charge in [-0.3, -0.25) is 9.59 Å². The third-order valence-electron chi connectivity index (χ3n) is 3.80. The van der Waals surface area contributed by atoms with Crippen molar-refractivity contribution in [3.8, 4) is 0 Å². The molecule has 0 fully saturated rings. The minimum absolute atomic E-state index is 0.111. The van der Waals surface area contributed by atoms with Crippen LogP contribution in [0, 0.1) is 13.8 Å². The van der Waals surface area contributed by atoms with Crippen LogP contribution >= 0.6 is 11.8 Å². The van der Waals surface area contributed by atoms with Gasteiger partial charge in [0.05, 0.1) is 6.54 Å². The van der Waals surface area contributed by atoms with Gasteiger partial charge in [-0.1, -0.05) is 30.0 Å². The maximum absolute atomic E-state index is 12.4. The van der Waals surface area contributed by atoms with Gasteiger partial charge in [-0.15, -0.1) is 0 Å². The van der Waals surface area contributed by atoms with Crippen molar-refractivity contribution in [1.29, 1.82) is 0 Å². The molecule has 2 aromatic rings. The lowest BCUT2D eigenvalue weighted by Crippen LogP contribution is -2.35. The number of halogens is 2. The Balaban J connectivity index is 1.99. The highest BCUT2D eigenvalue weighted by Gasteiger charge is 2.16. The molecule has 0 aliphatic carbocycles. The lowest BCUT2D eigenvalue weighted by molar-refractivity contribution is -0.116. The highest BCUT2D eigenvalue weighted by atomic mass is 32.2. The van der Waals surface area contributed by atoms with E-state index in [4.69, 9.17) is 0 Å². The Morgan fingerprint density at radius 1 is 1.08 bits per heavy atom. The second-order valence-corrected chi connectivity index (χ2v) is 6.94. The van der Waals surface area contributed by atoms with E-state index in [1.165, 1.54) is 36.2 Å². The van der Waals surface area contributed by atoms with Crippen molar-refractivity contribution in [2.24, 2.45) is 0 Å². The molecule has 0 radical (unpaired) electrons. The molecule has 0 aliphatic heterocycles. The normalized spacial score (nSPS) is 10.7. The zero-order valence-corrected chi connectivity index (χ0v) is 15.6. The Morgan fingerprint density at radius 3 is 2.19 bits per heavy atom. The summed E-state index contributed by atoms with van der Waals surface area (Å²) in [7, 11) is 1.52. The lowest BCUT2D eigenvalue weighted by Gasteiger charge is -2.18. The largest absolute Gasteiger partial charge is 0.332 e. The van der Waals surface area contributed by atoms with E-state index in [9.17, 15) is 18.4 Å². The van der Waals surface area contributed by atoms with Crippen molar-refractivity contribution in [3.05, 3.63) is 59.2 Å². The average Bonchev–Trinajstić information content (AvgIpc) is 2.58. The molecule has 0 aromatic heterocycles. The number of carbonyl (C=O) groups is 2. The molecule has 2 amide bonds. The molecule has 0 spiro atoms. The molecule has 2 rings (SSSR count). The van der Waals surface area contributed by atoms with Crippen LogP contribution in [0.15, 0.2) is 47.4 Å². The van der Waals surface area contributed by atoms with E-state index in [-0.39, 0.29) is 18.4 Å². The topological polar surface area (TPSA) is 49.4 Å². The van der Waals surface area contributed by atoms with Crippen LogP contribution in [0.1, 0.15) is 21.5 Å². The number of amides is 2. The first-order valence-corrected chi connectivity index (χ1v) is 8.82. The lowest BCUT2D eigenvalue weighted by atomic mass is 10.1. The monoisotopic (exact) mass is 378 g/mol. The molecule has 0 saturated heterocycles. The van der Waals surface area contributed by atoms with Crippen LogP contribution in [0.2, 0.25) is 0 Å². The third kappa shape index (κ3) is 5.29. The van der Waals surface area contributed by atoms with Crippen molar-refractivity contribution in [3.63, 3.8) is 0 Å². The number of para-hydroxylation sites is 1. The van der Waals surface area contributed by atoms with E-state index in [2.05, 4.69) is 5.32 Å². The molecule has 1 N–H and O–H groups in total. The van der Waals surface area contributed by atoms with Crippen molar-refractivity contribution in [2.45, 2.75) is 24.5 Å². The van der Waals surface area contributed by atoms with E-state index >= 15 is 0 Å². The zero-order valence-electron chi connectivity index (χ0n) is 14.8. The van der Waals surface area contributed by atoms with Gasteiger partial charge in [-0.25, -0.2) is 0 Å². The van der Waals surface area contributed by atoms with Crippen LogP contribution in [-0.4, -0.2) is 36.1 Å². The maximum Gasteiger partial charge on any atom is 0.288 e. The average molecular weight is 378 g/mol. The summed E-state index contributed by atoms with van der Waals surface area (Å²) >= 11 is 0.419. The predicted molar refractivity (Wildman–Crippen MR) is 99.8 cm³/mol. The number of nitrogens with one attached hydrogen (secondary N) is 1. The number of aryl methyl sites for hydroxylation is 2. The SMILES string of the molecule is Cc1cccc(C)c1NC(=O)CN(C)C(=O)c1ccc(SC(F)F)cc1. The maximum atomic E-state index is 12.4. The quantitative estimate of drug-likeness (QED) is 0.761. The highest BCUT2D eigenvalue weighted by molar-refractivity contribution is 7.99. The Labute approximate surface area is 155 Å². The number of hydrogen-bond acceptors (Lipinski definition) is 3. The summed E-state index contributed by atoms with van der Waals surface area (Å²) in [6.07, 6.45) is 0. The van der Waals surface area contributed by atoms with Crippen molar-refractivity contribution >= 4 is 29.3 Å². The van der Waals surface area contributed by atoms with Gasteiger partial charge in [0.25, 0.3) is 11.7 Å². The third-order valence-corrected chi connectivity index (χ3v) is 4.52. The van der Waals surface area contributed by atoms with Crippen LogP contribution in [0.3, 0.4) is 0 Å². The summed E-state index contributed by atoms with van der Waals surface area (Å²) in [4.78, 5) is 26.3. The summed E-state index contributed by atoms with van der Waals surface area (Å²) in [5.41, 5.74) is 2.97. The Hall–Kier alpha value is -2.41. The number of hydrogen-bond donors (Lipinski definition) is 1. The molecular formula is C19H20F2N2O2S. The van der Waals surface area contributed by atoms with Crippen molar-refractivity contribution < 1.29 is 18.4 Å². The van der Waals surface area contributed by atoms with Gasteiger partial charge < -0.3 is 10.2 Å². The molecule has 4 nitrogen and oxygen atoms in total. The van der Waals surface area contributed by atoms with Gasteiger partial charge in [0.2, 0.25) is 5.91 Å². The molecular weight excluding hydrogens is 358 g/mol. The number of nitrogens with zero attached hydrogens (tertiary/aromatic N) is 1. The van der Waals surface area contributed by atoms with Crippen molar-refractivity contribution in [1.82, 2.24) is 4.90 Å². The van der Waals surface area contributed by atoms with E-state index in [1.54, 1.807) is 0 Å². The fourth-order valence-corrected chi connectivity index (χ4v) is 2.98. The van der Waals surface area contributed by atoms with Crippen LogP contribution < -0.4 is 5.32 Å². The number of alkyl halides is 2. The molecule has 26 heavy (non-hydrogen) atoms. The van der Waals surface area contributed by atoms with Crippen LogP contribution in [0.5, 0.6) is 0 Å². The summed E-state index contributed by atoms with van der Waals surface area (Å²) < 4.78 is 24.7. The van der Waals surface area contributed by atoms with Crippen LogP contribution in [-0.2, 0) is 4.79 Å². The standard InChI is InChI=1S/C19H20F2N2O2S/c1-12-5-4-6-13(2)17(12)22-16(24)11-23(3)18(25)14-7-9-15(10-8-14)26-19(20)21/h4-10,19H,11H2,1-3H3,(H,22,24). The fraction of sp³-hybridized carbons (Fsp3) is 0.263. The fourth-order valence-electron chi connectivity index (χ4n) is 2.48. The molecule has 138 valence electrons. The molecule has 0 aliphatic rings. The number of rotatable bonds is 6. The Morgan fingerprint density at radius 2 is 1.65 bits per heavy atom. The summed E-state index contributed by atoms with van der Waals surface area (Å²) in [5, 5.41) is 2.83. The van der Waals surface area contributed by atoms with Gasteiger partial charge in [0.1, 0.15) is 0 Å². The molecule has 0 atom stereocenters. The number of benzene rings is 2. The van der Waals surface area contributed by atoms with E-state index in [1.807, 2.05) is 32.0 Å². The first kappa shape index (κ1) is 19.9. The number of anilines is 1. The first-order chi connectivity index (χ1) is 12.3. The number of carbonyl (C=O) groups excluding carboxylic acids is 2. The summed E-state index contributed by atoms with van der Waals surface area (Å²) in [6.45, 7) is 3.69. The molecule has 0 bridgehead atoms. The molecule has 0 unspecified atom stereocenters. The highest BCUT2D eigenvalue weighted by Crippen LogP contribution is 2.25. The first-order valence-electron chi connectivity index (χ1n) is 7.94. The Bertz CT molecular complexity index is 774. The molecule has 0 heterocycles. The van der Waals surface area contributed by atoms with E-state index < -0.39 is 5.76 Å². The smallest absolute Gasteiger partial charge is 0.288 e. The van der Waals surface area contributed by atoms with Gasteiger partial charge in [-0.2, -0.15) is 8.78 Å². The minimum atomic E-state index is -2.51. The minimum Gasteiger partial charge on any atom is -0.332 e. The Kier molecular flexibility index (Phi) is 6.74. The summed E-state index contributed by atoms with van der Waals surface area (Å²) in [6, 6.07) is 11.6. The van der Waals surface area contributed by atoms with E-state index in [0.717, 1.165) is 16.8 Å². The van der Waals surface area contributed by atoms with Crippen LogP contribution in [0.4, 0.5) is 14.5 Å². The number of likely N-dealkylation sites (N-methyl/N-ethyl adjacent to an activating group) is 1. The summed E-state index contributed by atoms with van der Waals surface area (Å²) in [5.74, 6) is -3.16. The molecule has 2 aromatic carbocycles. The molecule has 0 saturated carbocycles. The second-order valence-electron chi connectivity index (χ2n) is 5.88. The molecule has 7 heteroatoms. The van der Waals surface area contributed by atoms with Gasteiger partial charge >= 0.3 is 0 Å². The van der Waals surface area contributed by atoms with Crippen LogP contribution in [0.25, 0.3) is 0 Å². The zero-order chi connectivity index (χ0) is 19.3. The van der Waals surface area contributed by atoms with E-state index in [0.29, 0.717) is 22.2 Å². The van der Waals surface area contributed by atoms with Gasteiger partial charge in [0, 0.05) is 23.2 Å². The predicted octanol–water partition coefficient (Wildman–Crippen LogP) is 4.33. The second kappa shape index (κ2) is 8.80. The number of thioether (sulfide) groups is 1.